The number of hydrogen-bond acceptors (Lipinski definition) is 8. The summed E-state index contributed by atoms with van der Waals surface area (Å²) in [5, 5.41) is 10.7. The summed E-state index contributed by atoms with van der Waals surface area (Å²) in [5.41, 5.74) is 7.96. The Hall–Kier alpha value is -3.70. The molecule has 1 aromatic heterocycles. The van der Waals surface area contributed by atoms with Gasteiger partial charge in [-0.3, -0.25) is 0 Å². The van der Waals surface area contributed by atoms with Crippen molar-refractivity contribution in [2.45, 2.75) is 23.6 Å². The molecule has 0 aliphatic carbocycles. The normalized spacial score (nSPS) is 15.6. The van der Waals surface area contributed by atoms with E-state index in [-0.39, 0.29) is 23.6 Å². The van der Waals surface area contributed by atoms with Crippen molar-refractivity contribution in [1.29, 1.82) is 5.26 Å². The summed E-state index contributed by atoms with van der Waals surface area (Å²) in [5.74, 6) is 0.216. The topological polar surface area (TPSA) is 107 Å². The summed E-state index contributed by atoms with van der Waals surface area (Å²) in [6.07, 6.45) is 3.21. The van der Waals surface area contributed by atoms with Crippen LogP contribution in [0.15, 0.2) is 83.1 Å². The van der Waals surface area contributed by atoms with Crippen LogP contribution in [0.2, 0.25) is 0 Å². The number of allylic oxidation sites excluding steroid dienone is 2. The van der Waals surface area contributed by atoms with E-state index >= 15 is 0 Å². The van der Waals surface area contributed by atoms with Gasteiger partial charge in [-0.2, -0.15) is 5.26 Å². The molecular formula is C24H23N3O4S. The third kappa shape index (κ3) is 4.95. The molecule has 2 aromatic rings. The van der Waals surface area contributed by atoms with E-state index in [1.54, 1.807) is 32.0 Å². The predicted octanol–water partition coefficient (Wildman–Crippen LogP) is 4.19. The molecule has 0 fully saturated rings. The van der Waals surface area contributed by atoms with Crippen LogP contribution in [0.1, 0.15) is 24.0 Å². The summed E-state index contributed by atoms with van der Waals surface area (Å²) in [7, 11) is 1.60. The number of thioether (sulfide) groups is 1. The molecule has 0 saturated heterocycles. The summed E-state index contributed by atoms with van der Waals surface area (Å²) in [6, 6.07) is 13.3. The van der Waals surface area contributed by atoms with Crippen LogP contribution >= 0.6 is 11.8 Å². The third-order valence-corrected chi connectivity index (χ3v) is 5.80. The molecule has 3 rings (SSSR count). The lowest BCUT2D eigenvalue weighted by molar-refractivity contribution is -0.138. The zero-order chi connectivity index (χ0) is 23.1. The molecule has 2 heterocycles. The number of esters is 1. The van der Waals surface area contributed by atoms with E-state index in [4.69, 9.17) is 19.9 Å². The Morgan fingerprint density at radius 2 is 2.22 bits per heavy atom. The van der Waals surface area contributed by atoms with E-state index in [1.165, 1.54) is 6.08 Å². The highest BCUT2D eigenvalue weighted by Gasteiger charge is 2.36. The van der Waals surface area contributed by atoms with Gasteiger partial charge in [0.1, 0.15) is 29.8 Å². The minimum Gasteiger partial charge on any atom is -0.496 e. The molecule has 164 valence electrons. The summed E-state index contributed by atoms with van der Waals surface area (Å²) >= 11 is 1.55. The van der Waals surface area contributed by atoms with Crippen molar-refractivity contribution in [3.05, 3.63) is 89.2 Å². The molecule has 0 bridgehead atoms. The van der Waals surface area contributed by atoms with E-state index < -0.39 is 11.9 Å². The van der Waals surface area contributed by atoms with Gasteiger partial charge in [0.2, 0.25) is 5.88 Å². The number of rotatable bonds is 8. The van der Waals surface area contributed by atoms with Crippen molar-refractivity contribution >= 4 is 17.7 Å². The molecule has 7 nitrogen and oxygen atoms in total. The maximum atomic E-state index is 12.8. The second-order valence-corrected chi connectivity index (χ2v) is 7.81. The number of carbonyl (C=O) groups is 1. The molecule has 1 atom stereocenters. The first-order valence-electron chi connectivity index (χ1n) is 9.77. The van der Waals surface area contributed by atoms with E-state index in [1.807, 2.05) is 36.4 Å². The maximum absolute atomic E-state index is 12.8. The van der Waals surface area contributed by atoms with E-state index in [0.717, 1.165) is 10.6 Å². The molecule has 0 unspecified atom stereocenters. The minimum atomic E-state index is -0.726. The highest BCUT2D eigenvalue weighted by Crippen LogP contribution is 2.41. The number of pyridine rings is 1. The van der Waals surface area contributed by atoms with E-state index in [2.05, 4.69) is 17.6 Å². The molecule has 1 aromatic carbocycles. The smallest absolute Gasteiger partial charge is 0.338 e. The summed E-state index contributed by atoms with van der Waals surface area (Å²) < 4.78 is 16.3. The Labute approximate surface area is 191 Å². The quantitative estimate of drug-likeness (QED) is 0.363. The number of benzene rings is 1. The minimum absolute atomic E-state index is 0.0319. The Bertz CT molecular complexity index is 1120. The lowest BCUT2D eigenvalue weighted by atomic mass is 9.82. The number of nitriles is 1. The number of hydrogen-bond donors (Lipinski definition) is 1. The van der Waals surface area contributed by atoms with Gasteiger partial charge in [-0.05, 0) is 30.7 Å². The number of nitrogens with zero attached hydrogens (tertiary/aromatic N) is 2. The first kappa shape index (κ1) is 23.0. The standard InChI is InChI=1S/C24H23N3O4S/c1-4-11-30-24(28)21-15(2)31-23(26)18(13-25)22(21)16-8-9-19(29-3)17(12-16)14-32-20-7-5-6-10-27-20/h4-10,12,22H,1,11,14,26H2,2-3H3/t22-/m0/s1. The largest absolute Gasteiger partial charge is 0.496 e. The van der Waals surface area contributed by atoms with Crippen LogP contribution in [0.4, 0.5) is 0 Å². The van der Waals surface area contributed by atoms with Crippen LogP contribution in [-0.2, 0) is 20.0 Å². The van der Waals surface area contributed by atoms with Crippen molar-refractivity contribution in [3.63, 3.8) is 0 Å². The van der Waals surface area contributed by atoms with E-state index in [9.17, 15) is 10.1 Å². The summed E-state index contributed by atoms with van der Waals surface area (Å²) in [4.78, 5) is 17.2. The second-order valence-electron chi connectivity index (χ2n) is 6.81. The van der Waals surface area contributed by atoms with Crippen molar-refractivity contribution in [3.8, 4) is 11.8 Å². The Morgan fingerprint density at radius 3 is 2.88 bits per heavy atom. The van der Waals surface area contributed by atoms with Crippen molar-refractivity contribution in [1.82, 2.24) is 4.98 Å². The van der Waals surface area contributed by atoms with Crippen LogP contribution in [0.5, 0.6) is 5.75 Å². The Balaban J connectivity index is 2.03. The molecule has 0 amide bonds. The van der Waals surface area contributed by atoms with Crippen molar-refractivity contribution in [2.24, 2.45) is 5.73 Å². The third-order valence-electron chi connectivity index (χ3n) is 4.81. The van der Waals surface area contributed by atoms with Gasteiger partial charge in [-0.25, -0.2) is 9.78 Å². The fourth-order valence-corrected chi connectivity index (χ4v) is 4.21. The van der Waals surface area contributed by atoms with Crippen molar-refractivity contribution in [2.75, 3.05) is 13.7 Å². The van der Waals surface area contributed by atoms with Crippen LogP contribution in [0.25, 0.3) is 0 Å². The number of ether oxygens (including phenoxy) is 3. The molecule has 0 radical (unpaired) electrons. The summed E-state index contributed by atoms with van der Waals surface area (Å²) in [6.45, 7) is 5.23. The highest BCUT2D eigenvalue weighted by atomic mass is 32.2. The Kier molecular flexibility index (Phi) is 7.58. The van der Waals surface area contributed by atoms with Crippen LogP contribution < -0.4 is 10.5 Å². The van der Waals surface area contributed by atoms with Gasteiger partial charge in [0.15, 0.2) is 0 Å². The van der Waals surface area contributed by atoms with Gasteiger partial charge < -0.3 is 19.9 Å². The van der Waals surface area contributed by atoms with Crippen LogP contribution in [-0.4, -0.2) is 24.7 Å². The van der Waals surface area contributed by atoms with Gasteiger partial charge in [-0.1, -0.05) is 30.9 Å². The van der Waals surface area contributed by atoms with Crippen LogP contribution in [0.3, 0.4) is 0 Å². The number of aromatic nitrogens is 1. The molecule has 0 saturated carbocycles. The first-order valence-corrected chi connectivity index (χ1v) is 10.8. The fraction of sp³-hybridized carbons (Fsp3) is 0.208. The average Bonchev–Trinajstić information content (AvgIpc) is 2.81. The number of methoxy groups -OCH3 is 1. The predicted molar refractivity (Wildman–Crippen MR) is 121 cm³/mol. The van der Waals surface area contributed by atoms with E-state index in [0.29, 0.717) is 22.8 Å². The zero-order valence-electron chi connectivity index (χ0n) is 17.8. The molecule has 1 aliphatic heterocycles. The monoisotopic (exact) mass is 449 g/mol. The lowest BCUT2D eigenvalue weighted by Gasteiger charge is -2.27. The first-order chi connectivity index (χ1) is 15.5. The Morgan fingerprint density at radius 1 is 1.41 bits per heavy atom. The SMILES string of the molecule is C=CCOC(=O)C1=C(C)OC(N)=C(C#N)[C@@H]1c1ccc(OC)c(CSc2ccccn2)c1. The molecule has 2 N–H and O–H groups in total. The molecule has 0 spiro atoms. The fourth-order valence-electron chi connectivity index (χ4n) is 3.37. The van der Waals surface area contributed by atoms with Gasteiger partial charge in [0.05, 0.1) is 23.6 Å². The van der Waals surface area contributed by atoms with Crippen LogP contribution in [0, 0.1) is 11.3 Å². The second kappa shape index (κ2) is 10.6. The van der Waals surface area contributed by atoms with Gasteiger partial charge >= 0.3 is 5.97 Å². The molecule has 8 heteroatoms. The highest BCUT2D eigenvalue weighted by molar-refractivity contribution is 7.98. The molecule has 32 heavy (non-hydrogen) atoms. The van der Waals surface area contributed by atoms with Gasteiger partial charge in [0.25, 0.3) is 0 Å². The average molecular weight is 450 g/mol. The maximum Gasteiger partial charge on any atom is 0.338 e. The van der Waals surface area contributed by atoms with Gasteiger partial charge in [0, 0.05) is 17.5 Å². The van der Waals surface area contributed by atoms with Gasteiger partial charge in [-0.15, -0.1) is 11.8 Å². The van der Waals surface area contributed by atoms with Crippen molar-refractivity contribution < 1.29 is 19.0 Å². The molecule has 1 aliphatic rings. The number of carbonyl (C=O) groups excluding carboxylic acids is 1. The lowest BCUT2D eigenvalue weighted by Crippen LogP contribution is -2.25. The zero-order valence-corrected chi connectivity index (χ0v) is 18.6. The molecular weight excluding hydrogens is 426 g/mol. The number of nitrogens with two attached hydrogens (primary N) is 1.